The van der Waals surface area contributed by atoms with E-state index in [9.17, 15) is 9.59 Å². The molecule has 0 spiro atoms. The molecule has 7 nitrogen and oxygen atoms in total. The maximum atomic E-state index is 13.2. The van der Waals surface area contributed by atoms with Gasteiger partial charge >= 0.3 is 6.03 Å². The Bertz CT molecular complexity index is 1330. The number of carbonyl (C=O) groups is 2. The van der Waals surface area contributed by atoms with E-state index < -0.39 is 11.6 Å². The quantitative estimate of drug-likeness (QED) is 0.198. The molecule has 8 heteroatoms. The molecule has 4 rings (SSSR count). The van der Waals surface area contributed by atoms with Crippen LogP contribution >= 0.6 is 11.6 Å². The van der Waals surface area contributed by atoms with Gasteiger partial charge in [-0.3, -0.25) is 4.79 Å². The third kappa shape index (κ3) is 4.73. The molecule has 184 valence electrons. The van der Waals surface area contributed by atoms with Gasteiger partial charge in [0, 0.05) is 11.6 Å². The second-order valence-electron chi connectivity index (χ2n) is 8.81. The van der Waals surface area contributed by atoms with Gasteiger partial charge in [0.25, 0.3) is 5.91 Å². The summed E-state index contributed by atoms with van der Waals surface area (Å²) >= 11 is 6.14. The molecule has 0 N–H and O–H groups in total. The summed E-state index contributed by atoms with van der Waals surface area (Å²) < 4.78 is 11.5. The molecule has 1 aliphatic rings. The third-order valence-electron chi connectivity index (χ3n) is 6.19. The van der Waals surface area contributed by atoms with Crippen LogP contribution in [0.25, 0.3) is 16.0 Å². The molecule has 0 unspecified atom stereocenters. The summed E-state index contributed by atoms with van der Waals surface area (Å²) in [6.45, 7) is 11.2. The van der Waals surface area contributed by atoms with E-state index in [4.69, 9.17) is 27.6 Å². The van der Waals surface area contributed by atoms with Gasteiger partial charge < -0.3 is 14.4 Å². The zero-order chi connectivity index (χ0) is 25.9. The molecule has 3 aromatic rings. The summed E-state index contributed by atoms with van der Waals surface area (Å²) in [5, 5.41) is 0.194. The molecule has 1 heterocycles. The number of anilines is 1. The fraction of sp³-hybridized carbons (Fsp3) is 0.250. The smallest absolute Gasteiger partial charge is 0.332 e. The minimum absolute atomic E-state index is 0.194. The van der Waals surface area contributed by atoms with Crippen LogP contribution in [-0.4, -0.2) is 42.6 Å². The number of hydrogen-bond acceptors (Lipinski definition) is 4. The van der Waals surface area contributed by atoms with Crippen LogP contribution in [0.3, 0.4) is 0 Å². The molecule has 0 atom stereocenters. The number of methoxy groups -OCH3 is 1. The minimum atomic E-state index is -1.03. The van der Waals surface area contributed by atoms with Crippen LogP contribution in [0, 0.1) is 6.57 Å². The predicted octanol–water partition coefficient (Wildman–Crippen LogP) is 6.58. The lowest BCUT2D eigenvalue weighted by Crippen LogP contribution is -2.44. The van der Waals surface area contributed by atoms with Crippen molar-refractivity contribution < 1.29 is 19.1 Å². The molecule has 1 aliphatic heterocycles. The van der Waals surface area contributed by atoms with Crippen molar-refractivity contribution in [2.45, 2.75) is 25.8 Å². The molecule has 0 aromatic heterocycles. The van der Waals surface area contributed by atoms with Crippen LogP contribution in [0.1, 0.15) is 20.3 Å². The molecule has 1 fully saturated rings. The average molecular weight is 504 g/mol. The Balaban J connectivity index is 1.42. The summed E-state index contributed by atoms with van der Waals surface area (Å²) in [5.41, 5.74) is 1.68. The number of imide groups is 1. The molecule has 0 saturated carbocycles. The number of carbonyl (C=O) groups excluding carboxylic acids is 2. The number of benzene rings is 3. The lowest BCUT2D eigenvalue weighted by Gasteiger charge is -2.27. The highest BCUT2D eigenvalue weighted by Crippen LogP contribution is 2.36. The highest BCUT2D eigenvalue weighted by molar-refractivity contribution is 6.34. The molecule has 3 amide bonds. The Kier molecular flexibility index (Phi) is 7.18. The maximum absolute atomic E-state index is 13.2. The van der Waals surface area contributed by atoms with E-state index >= 15 is 0 Å². The molecule has 0 aliphatic carbocycles. The van der Waals surface area contributed by atoms with Gasteiger partial charge in [-0.2, -0.15) is 0 Å². The normalized spacial score (nSPS) is 14.6. The predicted molar refractivity (Wildman–Crippen MR) is 140 cm³/mol. The fourth-order valence-electron chi connectivity index (χ4n) is 4.17. The van der Waals surface area contributed by atoms with Gasteiger partial charge in [-0.15, -0.1) is 0 Å². The Morgan fingerprint density at radius 1 is 0.972 bits per heavy atom. The molecule has 0 radical (unpaired) electrons. The zero-order valence-electron chi connectivity index (χ0n) is 20.3. The molecule has 36 heavy (non-hydrogen) atoms. The second kappa shape index (κ2) is 10.3. The highest BCUT2D eigenvalue weighted by Gasteiger charge is 2.51. The number of amides is 3. The summed E-state index contributed by atoms with van der Waals surface area (Å²) in [5.74, 6) is 0.879. The fourth-order valence-corrected chi connectivity index (χ4v) is 4.38. The second-order valence-corrected chi connectivity index (χ2v) is 9.22. The first-order valence-corrected chi connectivity index (χ1v) is 11.8. The lowest BCUT2D eigenvalue weighted by molar-refractivity contribution is -0.123. The molecular formula is C28H26ClN3O4. The molecule has 0 bridgehead atoms. The van der Waals surface area contributed by atoms with Crippen molar-refractivity contribution in [2.24, 2.45) is 0 Å². The van der Waals surface area contributed by atoms with Crippen molar-refractivity contribution in [3.63, 3.8) is 0 Å². The summed E-state index contributed by atoms with van der Waals surface area (Å²) in [6.07, 6.45) is 0.511. The monoisotopic (exact) mass is 503 g/mol. The minimum Gasteiger partial charge on any atom is -0.493 e. The third-order valence-corrected chi connectivity index (χ3v) is 6.49. The van der Waals surface area contributed by atoms with Crippen LogP contribution in [0.15, 0.2) is 66.7 Å². The van der Waals surface area contributed by atoms with Crippen LogP contribution in [0.5, 0.6) is 11.5 Å². The first-order chi connectivity index (χ1) is 17.3. The first kappa shape index (κ1) is 25.1. The Labute approximate surface area is 215 Å². The van der Waals surface area contributed by atoms with Gasteiger partial charge in [-0.1, -0.05) is 54.1 Å². The van der Waals surface area contributed by atoms with Gasteiger partial charge in [-0.25, -0.2) is 14.5 Å². The molecular weight excluding hydrogens is 478 g/mol. The zero-order valence-corrected chi connectivity index (χ0v) is 21.1. The average Bonchev–Trinajstić information content (AvgIpc) is 3.05. The molecule has 1 saturated heterocycles. The van der Waals surface area contributed by atoms with Gasteiger partial charge in [0.15, 0.2) is 11.5 Å². The van der Waals surface area contributed by atoms with E-state index in [-0.39, 0.29) is 16.6 Å². The van der Waals surface area contributed by atoms with Crippen LogP contribution < -0.4 is 14.4 Å². The Morgan fingerprint density at radius 3 is 2.39 bits per heavy atom. The van der Waals surface area contributed by atoms with E-state index in [2.05, 4.69) is 4.85 Å². The van der Waals surface area contributed by atoms with E-state index in [1.807, 2.05) is 48.5 Å². The van der Waals surface area contributed by atoms with Gasteiger partial charge in [0.2, 0.25) is 5.69 Å². The van der Waals surface area contributed by atoms with Crippen LogP contribution in [0.2, 0.25) is 5.02 Å². The van der Waals surface area contributed by atoms with Crippen molar-refractivity contribution in [2.75, 3.05) is 25.2 Å². The number of nitrogens with zero attached hydrogens (tertiary/aromatic N) is 3. The van der Waals surface area contributed by atoms with Crippen molar-refractivity contribution in [1.82, 2.24) is 4.90 Å². The lowest BCUT2D eigenvalue weighted by atomic mass is 10.0. The van der Waals surface area contributed by atoms with E-state index in [1.165, 1.54) is 17.0 Å². The first-order valence-electron chi connectivity index (χ1n) is 11.5. The van der Waals surface area contributed by atoms with Crippen LogP contribution in [0.4, 0.5) is 16.2 Å². The number of hydrogen-bond donors (Lipinski definition) is 0. The summed E-state index contributed by atoms with van der Waals surface area (Å²) in [6, 6.07) is 19.9. The number of ether oxygens (including phenoxy) is 2. The van der Waals surface area contributed by atoms with Gasteiger partial charge in [-0.05, 0) is 55.7 Å². The largest absolute Gasteiger partial charge is 0.493 e. The van der Waals surface area contributed by atoms with Gasteiger partial charge in [0.05, 0.1) is 26.0 Å². The van der Waals surface area contributed by atoms with Crippen LogP contribution in [-0.2, 0) is 4.79 Å². The van der Waals surface area contributed by atoms with E-state index in [1.54, 1.807) is 27.0 Å². The summed E-state index contributed by atoms with van der Waals surface area (Å²) in [7, 11) is 1.60. The SMILES string of the molecule is [C-]#[N+]c1ccc(N2C(=O)N(CCCOc3ccc(-c4ccccc4)cc3OC)C(C)(C)C2=O)cc1Cl. The van der Waals surface area contributed by atoms with E-state index in [0.717, 1.165) is 16.0 Å². The van der Waals surface area contributed by atoms with E-state index in [0.29, 0.717) is 36.8 Å². The Morgan fingerprint density at radius 2 is 1.72 bits per heavy atom. The topological polar surface area (TPSA) is 63.4 Å². The van der Waals surface area contributed by atoms with Crippen molar-refractivity contribution >= 4 is 34.9 Å². The number of halogens is 1. The summed E-state index contributed by atoms with van der Waals surface area (Å²) in [4.78, 5) is 32.3. The van der Waals surface area contributed by atoms with Crippen molar-refractivity contribution in [3.05, 3.63) is 83.2 Å². The van der Waals surface area contributed by atoms with Crippen molar-refractivity contribution in [3.8, 4) is 22.6 Å². The Hall–Kier alpha value is -4.02. The number of rotatable bonds is 8. The molecule has 3 aromatic carbocycles. The highest BCUT2D eigenvalue weighted by atomic mass is 35.5. The van der Waals surface area contributed by atoms with Gasteiger partial charge in [0.1, 0.15) is 5.54 Å². The standard InChI is InChI=1S/C28H26ClN3O4/c1-28(2)26(33)32(21-12-13-23(30-3)22(29)18-21)27(34)31(28)15-8-16-36-24-14-11-20(17-25(24)35-4)19-9-6-5-7-10-19/h5-7,9-14,17-18H,8,15-16H2,1-2,4H3. The van der Waals surface area contributed by atoms with Crippen molar-refractivity contribution in [1.29, 1.82) is 0 Å². The number of urea groups is 1. The maximum Gasteiger partial charge on any atom is 0.332 e.